The van der Waals surface area contributed by atoms with Gasteiger partial charge in [0.15, 0.2) is 11.5 Å². The molecule has 0 aliphatic heterocycles. The van der Waals surface area contributed by atoms with Gasteiger partial charge in [-0.3, -0.25) is 4.40 Å². The first kappa shape index (κ1) is 12.3. The Labute approximate surface area is 121 Å². The van der Waals surface area contributed by atoms with Gasteiger partial charge in [0.1, 0.15) is 0 Å². The number of ether oxygens (including phenoxy) is 1. The van der Waals surface area contributed by atoms with Crippen LogP contribution >= 0.6 is 27.3 Å². The molecule has 0 aliphatic carbocycles. The number of halogens is 1. The molecule has 0 saturated heterocycles. The van der Waals surface area contributed by atoms with E-state index in [4.69, 9.17) is 4.74 Å². The summed E-state index contributed by atoms with van der Waals surface area (Å²) in [5.74, 6) is 0.324. The number of hydrogen-bond acceptors (Lipinski definition) is 5. The van der Waals surface area contributed by atoms with Gasteiger partial charge >= 0.3 is 5.97 Å². The van der Waals surface area contributed by atoms with Crippen molar-refractivity contribution in [1.82, 2.24) is 14.6 Å². The monoisotopic (exact) mass is 337 g/mol. The zero-order valence-corrected chi connectivity index (χ0v) is 12.2. The van der Waals surface area contributed by atoms with Crippen molar-refractivity contribution in [3.8, 4) is 10.7 Å². The molecule has 19 heavy (non-hydrogen) atoms. The standard InChI is InChI=1S/C12H8BrN3O2S/c1-18-12(17)7-2-5-10-14-15-11(16(10)6-7)8-3-4-9(13)19-8/h2-6H,1H3. The predicted octanol–water partition coefficient (Wildman–Crippen LogP) is 3.01. The van der Waals surface area contributed by atoms with Crippen LogP contribution in [-0.4, -0.2) is 27.7 Å². The number of pyridine rings is 1. The summed E-state index contributed by atoms with van der Waals surface area (Å²) in [5, 5.41) is 8.24. The second-order valence-electron chi connectivity index (χ2n) is 3.76. The fourth-order valence-electron chi connectivity index (χ4n) is 1.73. The van der Waals surface area contributed by atoms with Crippen molar-refractivity contribution >= 4 is 38.9 Å². The molecular formula is C12H8BrN3O2S. The van der Waals surface area contributed by atoms with E-state index in [1.807, 2.05) is 12.1 Å². The number of carbonyl (C=O) groups excluding carboxylic acids is 1. The summed E-state index contributed by atoms with van der Waals surface area (Å²) in [4.78, 5) is 12.5. The quantitative estimate of drug-likeness (QED) is 0.674. The van der Waals surface area contributed by atoms with Crippen molar-refractivity contribution in [1.29, 1.82) is 0 Å². The third kappa shape index (κ3) is 2.15. The third-order valence-corrected chi connectivity index (χ3v) is 4.24. The van der Waals surface area contributed by atoms with Crippen LogP contribution in [0, 0.1) is 0 Å². The van der Waals surface area contributed by atoms with Crippen molar-refractivity contribution < 1.29 is 9.53 Å². The van der Waals surface area contributed by atoms with Crippen LogP contribution in [0.5, 0.6) is 0 Å². The molecule has 3 aromatic heterocycles. The van der Waals surface area contributed by atoms with Gasteiger partial charge in [0.25, 0.3) is 0 Å². The van der Waals surface area contributed by atoms with Crippen LogP contribution in [-0.2, 0) is 4.74 Å². The van der Waals surface area contributed by atoms with Gasteiger partial charge in [-0.15, -0.1) is 21.5 Å². The second kappa shape index (κ2) is 4.75. The number of nitrogens with zero attached hydrogens (tertiary/aromatic N) is 3. The van der Waals surface area contributed by atoms with Crippen molar-refractivity contribution in [3.63, 3.8) is 0 Å². The SMILES string of the molecule is COC(=O)c1ccc2nnc(-c3ccc(Br)s3)n2c1. The molecule has 3 aromatic rings. The van der Waals surface area contributed by atoms with Gasteiger partial charge in [-0.1, -0.05) is 0 Å². The summed E-state index contributed by atoms with van der Waals surface area (Å²) >= 11 is 4.98. The van der Waals surface area contributed by atoms with Gasteiger partial charge in [-0.25, -0.2) is 4.79 Å². The molecule has 3 rings (SSSR count). The number of fused-ring (bicyclic) bond motifs is 1. The Morgan fingerprint density at radius 3 is 2.84 bits per heavy atom. The number of aromatic nitrogens is 3. The summed E-state index contributed by atoms with van der Waals surface area (Å²) in [5.41, 5.74) is 1.15. The lowest BCUT2D eigenvalue weighted by Gasteiger charge is -2.01. The smallest absolute Gasteiger partial charge is 0.339 e. The molecule has 0 amide bonds. The van der Waals surface area contributed by atoms with Gasteiger partial charge < -0.3 is 4.74 Å². The number of esters is 1. The van der Waals surface area contributed by atoms with Gasteiger partial charge in [0, 0.05) is 6.20 Å². The Balaban J connectivity index is 2.18. The molecular weight excluding hydrogens is 330 g/mol. The normalized spacial score (nSPS) is 10.8. The molecule has 0 spiro atoms. The topological polar surface area (TPSA) is 56.5 Å². The van der Waals surface area contributed by atoms with E-state index in [1.165, 1.54) is 7.11 Å². The van der Waals surface area contributed by atoms with E-state index in [0.717, 1.165) is 8.66 Å². The third-order valence-electron chi connectivity index (χ3n) is 2.62. The van der Waals surface area contributed by atoms with Crippen LogP contribution in [0.25, 0.3) is 16.3 Å². The lowest BCUT2D eigenvalue weighted by Crippen LogP contribution is -2.03. The van der Waals surface area contributed by atoms with Crippen LogP contribution < -0.4 is 0 Å². The van der Waals surface area contributed by atoms with Crippen LogP contribution in [0.2, 0.25) is 0 Å². The molecule has 0 aliphatic rings. The van der Waals surface area contributed by atoms with Crippen molar-refractivity contribution in [3.05, 3.63) is 39.8 Å². The van der Waals surface area contributed by atoms with Crippen molar-refractivity contribution in [2.75, 3.05) is 7.11 Å². The van der Waals surface area contributed by atoms with E-state index >= 15 is 0 Å². The number of rotatable bonds is 2. The fraction of sp³-hybridized carbons (Fsp3) is 0.0833. The molecule has 0 N–H and O–H groups in total. The Bertz CT molecular complexity index is 765. The minimum Gasteiger partial charge on any atom is -0.465 e. The molecule has 0 bridgehead atoms. The van der Waals surface area contributed by atoms with Crippen molar-refractivity contribution in [2.24, 2.45) is 0 Å². The van der Waals surface area contributed by atoms with Crippen molar-refractivity contribution in [2.45, 2.75) is 0 Å². The van der Waals surface area contributed by atoms with E-state index < -0.39 is 0 Å². The number of methoxy groups -OCH3 is 1. The van der Waals surface area contributed by atoms with Gasteiger partial charge in [-0.05, 0) is 40.2 Å². The molecule has 7 heteroatoms. The summed E-state index contributed by atoms with van der Waals surface area (Å²) in [6.45, 7) is 0. The highest BCUT2D eigenvalue weighted by Gasteiger charge is 2.13. The first-order valence-electron chi connectivity index (χ1n) is 5.38. The summed E-state index contributed by atoms with van der Waals surface area (Å²) in [6, 6.07) is 7.32. The lowest BCUT2D eigenvalue weighted by molar-refractivity contribution is 0.0600. The molecule has 3 heterocycles. The molecule has 0 fully saturated rings. The minimum absolute atomic E-state index is 0.381. The Hall–Kier alpha value is -1.73. The average molecular weight is 338 g/mol. The highest BCUT2D eigenvalue weighted by molar-refractivity contribution is 9.11. The van der Waals surface area contributed by atoms with E-state index in [1.54, 1.807) is 34.1 Å². The van der Waals surface area contributed by atoms with Gasteiger partial charge in [0.05, 0.1) is 21.3 Å². The number of hydrogen-bond donors (Lipinski definition) is 0. The predicted molar refractivity (Wildman–Crippen MR) is 75.3 cm³/mol. The fourth-order valence-corrected chi connectivity index (χ4v) is 3.10. The Kier molecular flexibility index (Phi) is 3.08. The largest absolute Gasteiger partial charge is 0.465 e. The molecule has 0 aromatic carbocycles. The Morgan fingerprint density at radius 2 is 2.16 bits per heavy atom. The summed E-state index contributed by atoms with van der Waals surface area (Å²) < 4.78 is 7.51. The van der Waals surface area contributed by atoms with E-state index in [0.29, 0.717) is 17.0 Å². The molecule has 96 valence electrons. The molecule has 0 atom stereocenters. The van der Waals surface area contributed by atoms with Gasteiger partial charge in [-0.2, -0.15) is 0 Å². The molecule has 5 nitrogen and oxygen atoms in total. The summed E-state index contributed by atoms with van der Waals surface area (Å²) in [6.07, 6.45) is 1.68. The number of carbonyl (C=O) groups is 1. The second-order valence-corrected chi connectivity index (χ2v) is 6.23. The zero-order chi connectivity index (χ0) is 13.4. The highest BCUT2D eigenvalue weighted by atomic mass is 79.9. The maximum atomic E-state index is 11.5. The van der Waals surface area contributed by atoms with Crippen LogP contribution in [0.15, 0.2) is 34.2 Å². The molecule has 0 unspecified atom stereocenters. The van der Waals surface area contributed by atoms with Crippen LogP contribution in [0.3, 0.4) is 0 Å². The highest BCUT2D eigenvalue weighted by Crippen LogP contribution is 2.30. The average Bonchev–Trinajstić information content (AvgIpc) is 3.02. The first-order chi connectivity index (χ1) is 9.19. The Morgan fingerprint density at radius 1 is 1.32 bits per heavy atom. The van der Waals surface area contributed by atoms with E-state index in [2.05, 4.69) is 26.1 Å². The molecule has 0 saturated carbocycles. The van der Waals surface area contributed by atoms with Gasteiger partial charge in [0.2, 0.25) is 0 Å². The van der Waals surface area contributed by atoms with E-state index in [9.17, 15) is 4.79 Å². The maximum Gasteiger partial charge on any atom is 0.339 e. The van der Waals surface area contributed by atoms with E-state index in [-0.39, 0.29) is 5.97 Å². The maximum absolute atomic E-state index is 11.5. The van der Waals surface area contributed by atoms with Crippen LogP contribution in [0.4, 0.5) is 0 Å². The van der Waals surface area contributed by atoms with Crippen LogP contribution in [0.1, 0.15) is 10.4 Å². The zero-order valence-electron chi connectivity index (χ0n) is 9.83. The minimum atomic E-state index is -0.381. The first-order valence-corrected chi connectivity index (χ1v) is 6.99. The molecule has 0 radical (unpaired) electrons. The lowest BCUT2D eigenvalue weighted by atomic mass is 10.3. The number of thiophene rings is 1. The summed E-state index contributed by atoms with van der Waals surface area (Å²) in [7, 11) is 1.36.